The molecule has 1 atom stereocenters. The Morgan fingerprint density at radius 2 is 1.93 bits per heavy atom. The molecule has 0 unspecified atom stereocenters. The van der Waals surface area contributed by atoms with Gasteiger partial charge in [-0.25, -0.2) is 10.1 Å². The SMILES string of the molecule is CCOC(=O)CCCN1CCN(C(=O)[C@@H](N)CCCNC(=N)N[N+](=O)[O-])CC1.Cl. The van der Waals surface area contributed by atoms with E-state index in [1.54, 1.807) is 17.2 Å². The smallest absolute Gasteiger partial charge is 0.305 e. The number of rotatable bonds is 11. The maximum atomic E-state index is 12.4. The third-order valence-corrected chi connectivity index (χ3v) is 4.36. The number of esters is 1. The van der Waals surface area contributed by atoms with Gasteiger partial charge in [0.1, 0.15) is 0 Å². The second-order valence-electron chi connectivity index (χ2n) is 6.49. The van der Waals surface area contributed by atoms with Crippen LogP contribution in [0.5, 0.6) is 0 Å². The molecule has 0 aromatic rings. The van der Waals surface area contributed by atoms with Crippen LogP contribution in [-0.2, 0) is 14.3 Å². The summed E-state index contributed by atoms with van der Waals surface area (Å²) in [5.74, 6) is -0.685. The largest absolute Gasteiger partial charge is 0.466 e. The molecule has 0 saturated carbocycles. The third-order valence-electron chi connectivity index (χ3n) is 4.36. The zero-order valence-electron chi connectivity index (χ0n) is 16.7. The number of nitro groups is 1. The van der Waals surface area contributed by atoms with Crippen molar-refractivity contribution < 1.29 is 19.4 Å². The number of hydrogen-bond acceptors (Lipinski definition) is 8. The summed E-state index contributed by atoms with van der Waals surface area (Å²) in [6.45, 7) is 5.97. The molecule has 1 aliphatic heterocycles. The van der Waals surface area contributed by atoms with E-state index >= 15 is 0 Å². The first kappa shape index (κ1) is 26.8. The van der Waals surface area contributed by atoms with Gasteiger partial charge in [0.05, 0.1) is 12.6 Å². The molecule has 1 saturated heterocycles. The lowest BCUT2D eigenvalue weighted by atomic mass is 10.1. The average Bonchev–Trinajstić information content (AvgIpc) is 2.64. The number of ether oxygens (including phenoxy) is 1. The van der Waals surface area contributed by atoms with Gasteiger partial charge in [0.15, 0.2) is 5.03 Å². The quantitative estimate of drug-likeness (QED) is 0.0816. The molecule has 13 heteroatoms. The zero-order valence-corrected chi connectivity index (χ0v) is 17.5. The van der Waals surface area contributed by atoms with E-state index in [9.17, 15) is 19.7 Å². The van der Waals surface area contributed by atoms with Gasteiger partial charge in [-0.2, -0.15) is 0 Å². The Hall–Kier alpha value is -2.18. The van der Waals surface area contributed by atoms with Gasteiger partial charge in [0.2, 0.25) is 5.91 Å². The first-order valence-corrected chi connectivity index (χ1v) is 9.49. The monoisotopic (exact) mass is 437 g/mol. The van der Waals surface area contributed by atoms with Gasteiger partial charge < -0.3 is 20.7 Å². The molecule has 0 aromatic carbocycles. The number of carbonyl (C=O) groups excluding carboxylic acids is 2. The number of guanidine groups is 1. The van der Waals surface area contributed by atoms with Crippen LogP contribution in [0.15, 0.2) is 0 Å². The predicted molar refractivity (Wildman–Crippen MR) is 109 cm³/mol. The summed E-state index contributed by atoms with van der Waals surface area (Å²) in [6.07, 6.45) is 2.08. The lowest BCUT2D eigenvalue weighted by Crippen LogP contribution is -2.53. The van der Waals surface area contributed by atoms with Crippen molar-refractivity contribution >= 4 is 30.2 Å². The van der Waals surface area contributed by atoms with Gasteiger partial charge in [-0.15, -0.1) is 12.4 Å². The summed E-state index contributed by atoms with van der Waals surface area (Å²) in [6, 6.07) is -0.630. The standard InChI is InChI=1S/C16H31N7O5.ClH/c1-2-28-14(24)6-4-8-21-9-11-22(12-10-21)15(25)13(17)5-3-7-19-16(18)20-23(26)27;/h13H,2-12,17H2,1H3,(H3,18,19,20);1H/t13-;/m0./s1. The van der Waals surface area contributed by atoms with Crippen LogP contribution in [0.2, 0.25) is 0 Å². The molecule has 1 heterocycles. The van der Waals surface area contributed by atoms with Gasteiger partial charge >= 0.3 is 5.97 Å². The fraction of sp³-hybridized carbons (Fsp3) is 0.812. The Bertz CT molecular complexity index is 544. The normalized spacial score (nSPS) is 15.0. The number of nitrogens with two attached hydrogens (primary N) is 1. The van der Waals surface area contributed by atoms with E-state index in [0.717, 1.165) is 26.1 Å². The van der Waals surface area contributed by atoms with Crippen molar-refractivity contribution in [2.75, 3.05) is 45.9 Å². The highest BCUT2D eigenvalue weighted by atomic mass is 35.5. The molecule has 0 bridgehead atoms. The Labute approximate surface area is 176 Å². The topological polar surface area (TPSA) is 167 Å². The molecular formula is C16H32ClN7O5. The predicted octanol–water partition coefficient (Wildman–Crippen LogP) is -0.691. The minimum Gasteiger partial charge on any atom is -0.466 e. The van der Waals surface area contributed by atoms with Crippen LogP contribution in [0, 0.1) is 15.5 Å². The Morgan fingerprint density at radius 1 is 1.28 bits per heavy atom. The fourth-order valence-corrected chi connectivity index (χ4v) is 2.90. The van der Waals surface area contributed by atoms with E-state index in [4.69, 9.17) is 15.9 Å². The third kappa shape index (κ3) is 11.4. The van der Waals surface area contributed by atoms with Crippen molar-refractivity contribution in [3.63, 3.8) is 0 Å². The molecule has 0 aliphatic carbocycles. The van der Waals surface area contributed by atoms with E-state index in [0.29, 0.717) is 45.5 Å². The number of carbonyl (C=O) groups is 2. The summed E-state index contributed by atoms with van der Waals surface area (Å²) < 4.78 is 4.90. The van der Waals surface area contributed by atoms with Crippen molar-refractivity contribution in [2.24, 2.45) is 5.73 Å². The number of piperazine rings is 1. The fourth-order valence-electron chi connectivity index (χ4n) is 2.90. The van der Waals surface area contributed by atoms with E-state index in [-0.39, 0.29) is 24.3 Å². The van der Waals surface area contributed by atoms with Gasteiger partial charge in [0, 0.05) is 39.1 Å². The maximum Gasteiger partial charge on any atom is 0.305 e. The van der Waals surface area contributed by atoms with Crippen molar-refractivity contribution in [2.45, 2.75) is 38.6 Å². The molecule has 5 N–H and O–H groups in total. The molecule has 0 spiro atoms. The van der Waals surface area contributed by atoms with Crippen LogP contribution >= 0.6 is 12.4 Å². The molecule has 1 fully saturated rings. The number of nitrogens with zero attached hydrogens (tertiary/aromatic N) is 3. The minimum absolute atomic E-state index is 0. The Balaban J connectivity index is 0.00000784. The van der Waals surface area contributed by atoms with Crippen LogP contribution in [0.3, 0.4) is 0 Å². The number of hydrogen-bond donors (Lipinski definition) is 4. The lowest BCUT2D eigenvalue weighted by Gasteiger charge is -2.35. The van der Waals surface area contributed by atoms with Crippen LogP contribution in [-0.4, -0.2) is 84.6 Å². The first-order valence-electron chi connectivity index (χ1n) is 9.49. The van der Waals surface area contributed by atoms with E-state index in [1.807, 2.05) is 0 Å². The highest BCUT2D eigenvalue weighted by molar-refractivity contribution is 5.85. The summed E-state index contributed by atoms with van der Waals surface area (Å²) in [5, 5.41) is 19.2. The van der Waals surface area contributed by atoms with Crippen LogP contribution in [0.4, 0.5) is 0 Å². The molecular weight excluding hydrogens is 406 g/mol. The zero-order chi connectivity index (χ0) is 20.9. The van der Waals surface area contributed by atoms with E-state index < -0.39 is 17.0 Å². The van der Waals surface area contributed by atoms with E-state index in [2.05, 4.69) is 10.2 Å². The molecule has 0 radical (unpaired) electrons. The Kier molecular flexibility index (Phi) is 13.7. The minimum atomic E-state index is -0.818. The van der Waals surface area contributed by atoms with Crippen molar-refractivity contribution in [1.29, 1.82) is 5.41 Å². The summed E-state index contributed by atoms with van der Waals surface area (Å²) in [4.78, 5) is 37.9. The van der Waals surface area contributed by atoms with Gasteiger partial charge in [-0.3, -0.25) is 19.9 Å². The van der Waals surface area contributed by atoms with E-state index in [1.165, 1.54) is 0 Å². The highest BCUT2D eigenvalue weighted by Crippen LogP contribution is 2.07. The van der Waals surface area contributed by atoms with Gasteiger partial charge in [0.25, 0.3) is 5.96 Å². The summed E-state index contributed by atoms with van der Waals surface area (Å²) in [5.41, 5.74) is 7.65. The molecule has 1 aliphatic rings. The molecule has 0 aromatic heterocycles. The van der Waals surface area contributed by atoms with Crippen LogP contribution < -0.4 is 16.5 Å². The Morgan fingerprint density at radius 3 is 2.52 bits per heavy atom. The average molecular weight is 438 g/mol. The second kappa shape index (κ2) is 14.8. The second-order valence-corrected chi connectivity index (χ2v) is 6.49. The first-order chi connectivity index (χ1) is 13.3. The van der Waals surface area contributed by atoms with Crippen LogP contribution in [0.25, 0.3) is 0 Å². The molecule has 1 rings (SSSR count). The highest BCUT2D eigenvalue weighted by Gasteiger charge is 2.24. The maximum absolute atomic E-state index is 12.4. The van der Waals surface area contributed by atoms with Gasteiger partial charge in [-0.05, 0) is 32.7 Å². The number of hydrazine groups is 1. The number of nitrogens with one attached hydrogen (secondary N) is 3. The molecule has 12 nitrogen and oxygen atoms in total. The van der Waals surface area contributed by atoms with Crippen molar-refractivity contribution in [3.8, 4) is 0 Å². The van der Waals surface area contributed by atoms with Gasteiger partial charge in [-0.1, -0.05) is 5.43 Å². The molecule has 1 amide bonds. The lowest BCUT2D eigenvalue weighted by molar-refractivity contribution is -0.525. The molecule has 29 heavy (non-hydrogen) atoms. The number of amides is 1. The van der Waals surface area contributed by atoms with Crippen molar-refractivity contribution in [1.82, 2.24) is 20.5 Å². The summed E-state index contributed by atoms with van der Waals surface area (Å²) in [7, 11) is 0. The summed E-state index contributed by atoms with van der Waals surface area (Å²) >= 11 is 0. The molecule has 168 valence electrons. The van der Waals surface area contributed by atoms with Crippen LogP contribution in [0.1, 0.15) is 32.6 Å². The van der Waals surface area contributed by atoms with Crippen molar-refractivity contribution in [3.05, 3.63) is 10.1 Å². The number of halogens is 1.